The van der Waals surface area contributed by atoms with Crippen molar-refractivity contribution < 1.29 is 0 Å². The molecule has 104 valence electrons. The van der Waals surface area contributed by atoms with Crippen molar-refractivity contribution in [1.29, 1.82) is 0 Å². The monoisotopic (exact) mass is 304 g/mol. The van der Waals surface area contributed by atoms with Gasteiger partial charge in [0.15, 0.2) is 0 Å². The Morgan fingerprint density at radius 2 is 0.684 bits per heavy atom. The van der Waals surface area contributed by atoms with Gasteiger partial charge in [0.25, 0.3) is 0 Å². The molecule has 0 aliphatic heterocycles. The van der Waals surface area contributed by atoms with Crippen LogP contribution in [-0.2, 0) is 0 Å². The van der Waals surface area contributed by atoms with Crippen LogP contribution >= 0.6 is 0 Å². The Hall–Kier alpha value is -0.909. The quantitative estimate of drug-likeness (QED) is 0.384. The average molecular weight is 305 g/mol. The van der Waals surface area contributed by atoms with E-state index < -0.39 is 0 Å². The number of hydrogen-bond donors (Lipinski definition) is 0. The normalized spacial score (nSPS) is 14.1. The van der Waals surface area contributed by atoms with Gasteiger partial charge in [0.05, 0.1) is 0 Å². The molecule has 3 heteroatoms. The summed E-state index contributed by atoms with van der Waals surface area (Å²) in [5.74, 6) is 0. The third kappa shape index (κ3) is 7.30. The molecule has 0 atom stereocenters. The van der Waals surface area contributed by atoms with Crippen LogP contribution in [0.2, 0.25) is 21.4 Å². The van der Waals surface area contributed by atoms with Gasteiger partial charge in [0.1, 0.15) is 0 Å². The first kappa shape index (κ1) is 18.1. The van der Waals surface area contributed by atoms with E-state index in [1.807, 2.05) is 0 Å². The lowest BCUT2D eigenvalue weighted by molar-refractivity contribution is 1.28. The second-order valence-corrected chi connectivity index (χ2v) is 16.1. The van der Waals surface area contributed by atoms with Crippen LogP contribution in [-0.4, -0.2) is 28.6 Å². The van der Waals surface area contributed by atoms with E-state index in [0.717, 1.165) is 4.79 Å². The fourth-order valence-electron chi connectivity index (χ4n) is 2.31. The van der Waals surface area contributed by atoms with E-state index in [9.17, 15) is 0 Å². The highest BCUT2D eigenvalue weighted by molar-refractivity contribution is 6.78. The van der Waals surface area contributed by atoms with Gasteiger partial charge in [0.2, 0.25) is 0 Å². The highest BCUT2D eigenvalue weighted by Crippen LogP contribution is 2.23. The third-order valence-corrected chi connectivity index (χ3v) is 15.3. The van der Waals surface area contributed by atoms with E-state index in [4.69, 9.17) is 0 Å². The van der Waals surface area contributed by atoms with Crippen LogP contribution in [0.3, 0.4) is 0 Å². The van der Waals surface area contributed by atoms with Crippen LogP contribution in [0.15, 0.2) is 75.9 Å². The van der Waals surface area contributed by atoms with Crippen molar-refractivity contribution in [3.05, 3.63) is 75.9 Å². The van der Waals surface area contributed by atoms with Gasteiger partial charge in [-0.2, -0.15) is 0 Å². The molecule has 0 nitrogen and oxygen atoms in total. The van der Waals surface area contributed by atoms with Gasteiger partial charge >= 0.3 is 0 Å². The lowest BCUT2D eigenvalue weighted by Crippen LogP contribution is -2.24. The molecule has 0 heterocycles. The Labute approximate surface area is 126 Å². The summed E-state index contributed by atoms with van der Waals surface area (Å²) in [5, 5.41) is 0. The van der Waals surface area contributed by atoms with Gasteiger partial charge in [-0.1, -0.05) is 41.2 Å². The SMILES string of the molecule is C=CC(C=C)[SiH2]C([SiH2]C(C=C)C=C)[SiH2]C(C=C)C=C. The molecule has 0 aromatic carbocycles. The maximum Gasteiger partial charge on any atom is 0.0296 e. The minimum atomic E-state index is -0.187. The first-order chi connectivity index (χ1) is 9.14. The number of hydrogen-bond acceptors (Lipinski definition) is 0. The van der Waals surface area contributed by atoms with Crippen molar-refractivity contribution in [3.8, 4) is 0 Å². The predicted octanol–water partition coefficient (Wildman–Crippen LogP) is 2.68. The summed E-state index contributed by atoms with van der Waals surface area (Å²) in [6.07, 6.45) is 12.4. The Kier molecular flexibility index (Phi) is 10.4. The molecule has 0 amide bonds. The predicted molar refractivity (Wildman–Crippen MR) is 102 cm³/mol. The molecule has 0 aromatic rings. The Balaban J connectivity index is 4.78. The van der Waals surface area contributed by atoms with E-state index >= 15 is 0 Å². The fourth-order valence-corrected chi connectivity index (χ4v) is 15.0. The van der Waals surface area contributed by atoms with Crippen molar-refractivity contribution in [3.63, 3.8) is 0 Å². The minimum Gasteiger partial charge on any atom is -0.103 e. The molecule has 0 radical (unpaired) electrons. The number of allylic oxidation sites excluding steroid dienone is 6. The molecule has 0 aliphatic rings. The Bertz CT molecular complexity index is 257. The van der Waals surface area contributed by atoms with Gasteiger partial charge in [0, 0.05) is 28.6 Å². The summed E-state index contributed by atoms with van der Waals surface area (Å²) in [6.45, 7) is 23.6. The van der Waals surface area contributed by atoms with Crippen LogP contribution in [0.1, 0.15) is 0 Å². The molecule has 0 spiro atoms. The van der Waals surface area contributed by atoms with Crippen molar-refractivity contribution >= 4 is 28.6 Å². The smallest absolute Gasteiger partial charge is 0.0296 e. The Morgan fingerprint density at radius 1 is 0.474 bits per heavy atom. The zero-order chi connectivity index (χ0) is 14.7. The van der Waals surface area contributed by atoms with Crippen molar-refractivity contribution in [1.82, 2.24) is 0 Å². The minimum absolute atomic E-state index is 0.187. The molecule has 0 unspecified atom stereocenters. The van der Waals surface area contributed by atoms with Crippen LogP contribution in [0.4, 0.5) is 0 Å². The molecule has 0 fully saturated rings. The molecule has 19 heavy (non-hydrogen) atoms. The van der Waals surface area contributed by atoms with Gasteiger partial charge in [-0.05, 0) is 16.6 Å². The van der Waals surface area contributed by atoms with Crippen molar-refractivity contribution in [2.75, 3.05) is 0 Å². The van der Waals surface area contributed by atoms with E-state index in [0.29, 0.717) is 16.6 Å². The summed E-state index contributed by atoms with van der Waals surface area (Å²) in [4.78, 5) is 0.975. The molecule has 0 bridgehead atoms. The van der Waals surface area contributed by atoms with Gasteiger partial charge < -0.3 is 0 Å². The number of rotatable bonds is 12. The highest BCUT2D eigenvalue weighted by atomic mass is 28.3. The maximum absolute atomic E-state index is 3.94. The lowest BCUT2D eigenvalue weighted by Gasteiger charge is -2.22. The van der Waals surface area contributed by atoms with Gasteiger partial charge in [-0.15, -0.1) is 39.5 Å². The van der Waals surface area contributed by atoms with E-state index in [2.05, 4.69) is 75.9 Å². The molecule has 0 saturated heterocycles. The topological polar surface area (TPSA) is 0 Å². The maximum atomic E-state index is 3.94. The summed E-state index contributed by atoms with van der Waals surface area (Å²) in [6, 6.07) is 0. The third-order valence-electron chi connectivity index (χ3n) is 3.63. The fraction of sp³-hybridized carbons (Fsp3) is 0.250. The van der Waals surface area contributed by atoms with Crippen LogP contribution < -0.4 is 0 Å². The van der Waals surface area contributed by atoms with Crippen molar-refractivity contribution in [2.24, 2.45) is 0 Å². The second-order valence-electron chi connectivity index (χ2n) is 4.98. The molecule has 0 N–H and O–H groups in total. The van der Waals surface area contributed by atoms with Crippen LogP contribution in [0, 0.1) is 0 Å². The largest absolute Gasteiger partial charge is 0.103 e. The van der Waals surface area contributed by atoms with Crippen LogP contribution in [0.5, 0.6) is 0 Å². The standard InChI is InChI=1S/C16H28Si3/c1-7-13(8-2)17-16(18-14(9-3)10-4)19-15(11-5)12-6/h7-16H,1-6,17-19H2. The molecular weight excluding hydrogens is 276 g/mol. The molecular formula is C16H28Si3. The molecule has 0 aliphatic carbocycles. The van der Waals surface area contributed by atoms with Gasteiger partial charge in [-0.3, -0.25) is 0 Å². The first-order valence-electron chi connectivity index (χ1n) is 6.90. The summed E-state index contributed by atoms with van der Waals surface area (Å²) in [7, 11) is -0.562. The average Bonchev–Trinajstić information content (AvgIpc) is 2.46. The summed E-state index contributed by atoms with van der Waals surface area (Å²) in [5.41, 5.74) is 1.70. The van der Waals surface area contributed by atoms with E-state index in [1.165, 1.54) is 0 Å². The summed E-state index contributed by atoms with van der Waals surface area (Å²) < 4.78 is 0. The van der Waals surface area contributed by atoms with Gasteiger partial charge in [-0.25, -0.2) is 0 Å². The molecule has 0 saturated carbocycles. The summed E-state index contributed by atoms with van der Waals surface area (Å²) >= 11 is 0. The molecule has 0 rings (SSSR count). The second kappa shape index (κ2) is 11.0. The van der Waals surface area contributed by atoms with E-state index in [1.54, 1.807) is 0 Å². The van der Waals surface area contributed by atoms with Crippen LogP contribution in [0.25, 0.3) is 0 Å². The Morgan fingerprint density at radius 3 is 0.842 bits per heavy atom. The molecule has 0 aromatic heterocycles. The first-order valence-corrected chi connectivity index (χ1v) is 11.8. The zero-order valence-corrected chi connectivity index (χ0v) is 16.4. The highest BCUT2D eigenvalue weighted by Gasteiger charge is 2.19. The zero-order valence-electron chi connectivity index (χ0n) is 12.1. The van der Waals surface area contributed by atoms with Crippen molar-refractivity contribution in [2.45, 2.75) is 21.4 Å². The van der Waals surface area contributed by atoms with E-state index in [-0.39, 0.29) is 28.6 Å². The lowest BCUT2D eigenvalue weighted by atomic mass is 10.4.